The van der Waals surface area contributed by atoms with E-state index < -0.39 is 0 Å². The van der Waals surface area contributed by atoms with Gasteiger partial charge in [0, 0.05) is 27.6 Å². The van der Waals surface area contributed by atoms with Crippen LogP contribution >= 0.6 is 0 Å². The average molecular weight is 588 g/mol. The Morgan fingerprint density at radius 2 is 0.957 bits per heavy atom. The number of aromatic nitrogens is 3. The van der Waals surface area contributed by atoms with Crippen LogP contribution in [-0.4, -0.2) is 14.3 Å². The van der Waals surface area contributed by atoms with Crippen molar-refractivity contribution in [2.24, 2.45) is 0 Å². The molecule has 0 saturated heterocycles. The van der Waals surface area contributed by atoms with Gasteiger partial charge in [-0.15, -0.1) is 0 Å². The van der Waals surface area contributed by atoms with E-state index in [1.54, 1.807) is 0 Å². The second-order valence-electron chi connectivity index (χ2n) is 11.7. The van der Waals surface area contributed by atoms with Crippen LogP contribution < -0.4 is 0 Å². The van der Waals surface area contributed by atoms with E-state index in [1.165, 1.54) is 43.7 Å². The fourth-order valence-corrected chi connectivity index (χ4v) is 6.77. The van der Waals surface area contributed by atoms with E-state index in [9.17, 15) is 0 Å². The van der Waals surface area contributed by atoms with Gasteiger partial charge in [-0.3, -0.25) is 0 Å². The Balaban J connectivity index is 1.15. The lowest BCUT2D eigenvalue weighted by atomic mass is 9.97. The highest BCUT2D eigenvalue weighted by molar-refractivity contribution is 6.09. The van der Waals surface area contributed by atoms with Crippen molar-refractivity contribution in [3.8, 4) is 45.0 Å². The molecule has 0 radical (unpaired) electrons. The van der Waals surface area contributed by atoms with Crippen LogP contribution in [0, 0.1) is 0 Å². The van der Waals surface area contributed by atoms with Gasteiger partial charge in [-0.05, 0) is 64.4 Å². The zero-order chi connectivity index (χ0) is 30.5. The van der Waals surface area contributed by atoms with E-state index in [1.807, 2.05) is 6.07 Å². The Labute approximate surface area is 267 Å². The van der Waals surface area contributed by atoms with Crippen molar-refractivity contribution >= 4 is 32.6 Å². The van der Waals surface area contributed by atoms with E-state index in [0.29, 0.717) is 0 Å². The van der Waals surface area contributed by atoms with Gasteiger partial charge in [-0.25, -0.2) is 4.68 Å². The van der Waals surface area contributed by atoms with Crippen LogP contribution in [0.1, 0.15) is 0 Å². The zero-order valence-electron chi connectivity index (χ0n) is 25.1. The number of nitrogens with zero attached hydrogens (tertiary/aromatic N) is 3. The fraction of sp³-hybridized carbons (Fsp3) is 0. The molecular weight excluding hydrogens is 558 g/mol. The number of hydrogen-bond donors (Lipinski definition) is 0. The molecule has 3 nitrogen and oxygen atoms in total. The van der Waals surface area contributed by atoms with Crippen LogP contribution in [0.3, 0.4) is 0 Å². The van der Waals surface area contributed by atoms with Gasteiger partial charge < -0.3 is 4.57 Å². The van der Waals surface area contributed by atoms with Gasteiger partial charge in [-0.1, -0.05) is 133 Å². The lowest BCUT2D eigenvalue weighted by Gasteiger charge is -2.12. The van der Waals surface area contributed by atoms with Crippen molar-refractivity contribution in [2.75, 3.05) is 0 Å². The molecule has 0 atom stereocenters. The molecule has 0 aliphatic rings. The van der Waals surface area contributed by atoms with Crippen molar-refractivity contribution in [1.82, 2.24) is 14.3 Å². The Hall–Kier alpha value is -6.19. The van der Waals surface area contributed by atoms with Gasteiger partial charge in [0.05, 0.1) is 28.1 Å². The van der Waals surface area contributed by atoms with Crippen molar-refractivity contribution < 1.29 is 0 Å². The van der Waals surface area contributed by atoms with Crippen LogP contribution in [0.2, 0.25) is 0 Å². The molecule has 0 aliphatic heterocycles. The monoisotopic (exact) mass is 587 g/mol. The third-order valence-corrected chi connectivity index (χ3v) is 8.99. The fourth-order valence-electron chi connectivity index (χ4n) is 6.77. The van der Waals surface area contributed by atoms with Crippen molar-refractivity contribution in [1.29, 1.82) is 0 Å². The minimum Gasteiger partial charge on any atom is -0.309 e. The van der Waals surface area contributed by atoms with Crippen LogP contribution in [0.5, 0.6) is 0 Å². The largest absolute Gasteiger partial charge is 0.309 e. The predicted molar refractivity (Wildman–Crippen MR) is 192 cm³/mol. The summed E-state index contributed by atoms with van der Waals surface area (Å²) in [6.45, 7) is 0. The third-order valence-electron chi connectivity index (χ3n) is 8.99. The number of rotatable bonds is 5. The molecule has 0 amide bonds. The summed E-state index contributed by atoms with van der Waals surface area (Å²) < 4.78 is 4.42. The molecule has 0 bridgehead atoms. The van der Waals surface area contributed by atoms with Crippen molar-refractivity contribution in [3.63, 3.8) is 0 Å². The molecule has 0 spiro atoms. The van der Waals surface area contributed by atoms with Gasteiger partial charge in [0.25, 0.3) is 0 Å². The molecule has 0 aliphatic carbocycles. The van der Waals surface area contributed by atoms with Gasteiger partial charge in [0.2, 0.25) is 0 Å². The van der Waals surface area contributed by atoms with Crippen LogP contribution in [0.15, 0.2) is 176 Å². The molecule has 2 aromatic heterocycles. The molecule has 9 aromatic rings. The Kier molecular flexibility index (Phi) is 6.14. The quantitative estimate of drug-likeness (QED) is 0.196. The summed E-state index contributed by atoms with van der Waals surface area (Å²) in [5.74, 6) is 0. The first-order valence-electron chi connectivity index (χ1n) is 15.6. The molecule has 7 aromatic carbocycles. The first-order chi connectivity index (χ1) is 22.8. The van der Waals surface area contributed by atoms with Crippen LogP contribution in [-0.2, 0) is 0 Å². The van der Waals surface area contributed by atoms with Gasteiger partial charge in [0.1, 0.15) is 0 Å². The summed E-state index contributed by atoms with van der Waals surface area (Å²) in [5.41, 5.74) is 11.2. The molecule has 216 valence electrons. The van der Waals surface area contributed by atoms with Crippen LogP contribution in [0.4, 0.5) is 0 Å². The van der Waals surface area contributed by atoms with Gasteiger partial charge in [0.15, 0.2) is 0 Å². The number of benzene rings is 7. The minimum absolute atomic E-state index is 0.945. The summed E-state index contributed by atoms with van der Waals surface area (Å²) in [6.07, 6.45) is 0. The third kappa shape index (κ3) is 4.33. The molecule has 46 heavy (non-hydrogen) atoms. The maximum atomic E-state index is 5.15. The van der Waals surface area contributed by atoms with E-state index >= 15 is 0 Å². The van der Waals surface area contributed by atoms with E-state index in [0.717, 1.165) is 33.9 Å². The first-order valence-corrected chi connectivity index (χ1v) is 15.6. The molecule has 0 saturated carbocycles. The summed E-state index contributed by atoms with van der Waals surface area (Å²) in [7, 11) is 0. The number of fused-ring (bicyclic) bond motifs is 4. The number of para-hydroxylation sites is 2. The smallest absolute Gasteiger partial charge is 0.0934 e. The normalized spacial score (nSPS) is 11.5. The Morgan fingerprint density at radius 1 is 0.391 bits per heavy atom. The SMILES string of the molecule is c1ccc(-c2cc(-c3ccc(-c4cccc5ccccc45)cc3)n(-c3ccc(-n4c5ccccc5c5ccccc54)cc3)n2)cc1. The topological polar surface area (TPSA) is 22.8 Å². The summed E-state index contributed by atoms with van der Waals surface area (Å²) in [5, 5.41) is 10.2. The molecule has 0 unspecified atom stereocenters. The maximum absolute atomic E-state index is 5.15. The van der Waals surface area contributed by atoms with Gasteiger partial charge in [-0.2, -0.15) is 5.10 Å². The van der Waals surface area contributed by atoms with E-state index in [4.69, 9.17) is 5.10 Å². The first kappa shape index (κ1) is 26.2. The summed E-state index contributed by atoms with van der Waals surface area (Å²) in [4.78, 5) is 0. The molecule has 0 N–H and O–H groups in total. The Morgan fingerprint density at radius 3 is 1.67 bits per heavy atom. The van der Waals surface area contributed by atoms with Gasteiger partial charge >= 0.3 is 0 Å². The molecule has 0 fully saturated rings. The molecule has 9 rings (SSSR count). The highest BCUT2D eigenvalue weighted by Crippen LogP contribution is 2.35. The molecule has 2 heterocycles. The highest BCUT2D eigenvalue weighted by atomic mass is 15.3. The second-order valence-corrected chi connectivity index (χ2v) is 11.7. The zero-order valence-corrected chi connectivity index (χ0v) is 25.1. The minimum atomic E-state index is 0.945. The van der Waals surface area contributed by atoms with Crippen molar-refractivity contribution in [2.45, 2.75) is 0 Å². The van der Waals surface area contributed by atoms with Crippen molar-refractivity contribution in [3.05, 3.63) is 176 Å². The lowest BCUT2D eigenvalue weighted by Crippen LogP contribution is -2.00. The van der Waals surface area contributed by atoms with E-state index in [-0.39, 0.29) is 0 Å². The number of hydrogen-bond acceptors (Lipinski definition) is 1. The lowest BCUT2D eigenvalue weighted by molar-refractivity contribution is 0.891. The maximum Gasteiger partial charge on any atom is 0.0934 e. The highest BCUT2D eigenvalue weighted by Gasteiger charge is 2.16. The molecular formula is C43H29N3. The second kappa shape index (κ2) is 10.8. The summed E-state index contributed by atoms with van der Waals surface area (Å²) in [6, 6.07) is 62.5. The van der Waals surface area contributed by atoms with E-state index in [2.05, 4.69) is 179 Å². The standard InChI is InChI=1S/C43H29N3/c1-2-12-32(13-3-1)40-29-43(33-23-21-31(22-24-33)37-18-10-14-30-11-4-5-15-36(30)37)46(44-40)35-27-25-34(26-28-35)45-41-19-8-6-16-38(41)39-17-7-9-20-42(39)45/h1-29H. The summed E-state index contributed by atoms with van der Waals surface area (Å²) >= 11 is 0. The van der Waals surface area contributed by atoms with Crippen LogP contribution in [0.25, 0.3) is 77.6 Å². The predicted octanol–water partition coefficient (Wildman–Crippen LogP) is 11.1. The average Bonchev–Trinajstić information content (AvgIpc) is 3.73. The Bertz CT molecular complexity index is 2440. The molecule has 3 heteroatoms.